The van der Waals surface area contributed by atoms with Crippen molar-refractivity contribution in [2.45, 2.75) is 5.92 Å². The molecule has 0 bridgehead atoms. The van der Waals surface area contributed by atoms with Crippen LogP contribution in [0.2, 0.25) is 0 Å². The van der Waals surface area contributed by atoms with E-state index in [0.29, 0.717) is 18.0 Å². The van der Waals surface area contributed by atoms with Gasteiger partial charge in [-0.15, -0.1) is 0 Å². The maximum Gasteiger partial charge on any atom is 0.229 e. The standard InChI is InChI=1S/C22H22N4O3/c1-26-12-13(9-24-26)16-10-23-11-17(16)22(27)25-18-8-20-15(7-21(18)28-2)14-5-3-4-6-19(14)29-20/h3-9,12,16-17,23H,10-11H2,1-2H3,(H,25,27)/t16-,17+/m1/s1. The number of furan rings is 1. The Morgan fingerprint density at radius 3 is 2.90 bits per heavy atom. The monoisotopic (exact) mass is 390 g/mol. The van der Waals surface area contributed by atoms with Gasteiger partial charge in [0.05, 0.1) is 24.9 Å². The van der Waals surface area contributed by atoms with E-state index in [-0.39, 0.29) is 17.7 Å². The van der Waals surface area contributed by atoms with E-state index in [1.807, 2.05) is 55.8 Å². The van der Waals surface area contributed by atoms with Gasteiger partial charge in [-0.1, -0.05) is 18.2 Å². The Kier molecular flexibility index (Phi) is 4.24. The number of rotatable bonds is 4. The maximum atomic E-state index is 13.1. The summed E-state index contributed by atoms with van der Waals surface area (Å²) in [5.74, 6) is 0.471. The van der Waals surface area contributed by atoms with Gasteiger partial charge in [-0.25, -0.2) is 0 Å². The molecule has 3 heterocycles. The van der Waals surface area contributed by atoms with E-state index in [4.69, 9.17) is 9.15 Å². The summed E-state index contributed by atoms with van der Waals surface area (Å²) in [5, 5.41) is 12.6. The minimum atomic E-state index is -0.185. The third-order valence-electron chi connectivity index (χ3n) is 5.66. The van der Waals surface area contributed by atoms with Gasteiger partial charge in [0.2, 0.25) is 5.91 Å². The van der Waals surface area contributed by atoms with Crippen LogP contribution in [0.4, 0.5) is 5.69 Å². The molecule has 4 aromatic rings. The minimum absolute atomic E-state index is 0.0439. The topological polar surface area (TPSA) is 81.3 Å². The van der Waals surface area contributed by atoms with E-state index in [1.54, 1.807) is 11.8 Å². The molecule has 1 aliphatic rings. The predicted molar refractivity (Wildman–Crippen MR) is 111 cm³/mol. The smallest absolute Gasteiger partial charge is 0.229 e. The molecule has 0 aliphatic carbocycles. The molecule has 5 rings (SSSR count). The molecule has 1 aliphatic heterocycles. The molecular formula is C22H22N4O3. The van der Waals surface area contributed by atoms with E-state index in [2.05, 4.69) is 15.7 Å². The molecule has 1 amide bonds. The molecule has 2 aromatic heterocycles. The fourth-order valence-electron chi connectivity index (χ4n) is 4.18. The number of hydrogen-bond acceptors (Lipinski definition) is 5. The molecule has 2 aromatic carbocycles. The maximum absolute atomic E-state index is 13.1. The number of carbonyl (C=O) groups is 1. The Bertz CT molecular complexity index is 1210. The summed E-state index contributed by atoms with van der Waals surface area (Å²) < 4.78 is 13.3. The molecule has 2 atom stereocenters. The number of ether oxygens (including phenoxy) is 1. The van der Waals surface area contributed by atoms with Crippen molar-refractivity contribution in [3.63, 3.8) is 0 Å². The fraction of sp³-hybridized carbons (Fsp3) is 0.273. The van der Waals surface area contributed by atoms with E-state index >= 15 is 0 Å². The van der Waals surface area contributed by atoms with Crippen LogP contribution in [0.1, 0.15) is 11.5 Å². The van der Waals surface area contributed by atoms with Crippen molar-refractivity contribution in [3.8, 4) is 5.75 Å². The number of carbonyl (C=O) groups excluding carboxylic acids is 1. The highest BCUT2D eigenvalue weighted by molar-refractivity contribution is 6.08. The van der Waals surface area contributed by atoms with Crippen LogP contribution in [0.3, 0.4) is 0 Å². The SMILES string of the molecule is COc1cc2c(cc1NC(=O)[C@H]1CNC[C@@H]1c1cnn(C)c1)oc1ccccc12. The molecule has 0 spiro atoms. The van der Waals surface area contributed by atoms with Crippen molar-refractivity contribution in [1.29, 1.82) is 0 Å². The highest BCUT2D eigenvalue weighted by Crippen LogP contribution is 2.37. The molecule has 7 nitrogen and oxygen atoms in total. The Labute approximate surface area is 167 Å². The number of aryl methyl sites for hydroxylation is 1. The molecule has 29 heavy (non-hydrogen) atoms. The summed E-state index contributed by atoms with van der Waals surface area (Å²) >= 11 is 0. The molecule has 0 radical (unpaired) electrons. The number of fused-ring (bicyclic) bond motifs is 3. The number of nitrogens with zero attached hydrogens (tertiary/aromatic N) is 2. The molecule has 7 heteroatoms. The molecule has 1 fully saturated rings. The first-order chi connectivity index (χ1) is 14.1. The Balaban J connectivity index is 1.47. The Morgan fingerprint density at radius 2 is 2.10 bits per heavy atom. The number of hydrogen-bond donors (Lipinski definition) is 2. The second-order valence-corrected chi connectivity index (χ2v) is 7.45. The van der Waals surface area contributed by atoms with Gasteiger partial charge in [-0.05, 0) is 17.7 Å². The van der Waals surface area contributed by atoms with Crippen molar-refractivity contribution in [3.05, 3.63) is 54.4 Å². The Hall–Kier alpha value is -3.32. The minimum Gasteiger partial charge on any atom is -0.495 e. The first-order valence-corrected chi connectivity index (χ1v) is 9.63. The van der Waals surface area contributed by atoms with Gasteiger partial charge in [-0.3, -0.25) is 9.48 Å². The van der Waals surface area contributed by atoms with Crippen LogP contribution in [0, 0.1) is 5.92 Å². The van der Waals surface area contributed by atoms with Crippen molar-refractivity contribution < 1.29 is 13.9 Å². The van der Waals surface area contributed by atoms with Crippen LogP contribution >= 0.6 is 0 Å². The van der Waals surface area contributed by atoms with Gasteiger partial charge >= 0.3 is 0 Å². The van der Waals surface area contributed by atoms with Crippen LogP contribution in [0.15, 0.2) is 53.2 Å². The molecule has 2 N–H and O–H groups in total. The molecule has 0 unspecified atom stereocenters. The zero-order valence-electron chi connectivity index (χ0n) is 16.3. The highest BCUT2D eigenvalue weighted by Gasteiger charge is 2.35. The van der Waals surface area contributed by atoms with Gasteiger partial charge in [0.1, 0.15) is 16.9 Å². The lowest BCUT2D eigenvalue weighted by atomic mass is 9.90. The lowest BCUT2D eigenvalue weighted by molar-refractivity contribution is -0.119. The third-order valence-corrected chi connectivity index (χ3v) is 5.66. The van der Waals surface area contributed by atoms with Gasteiger partial charge in [0.15, 0.2) is 0 Å². The third kappa shape index (κ3) is 3.03. The second kappa shape index (κ2) is 6.93. The van der Waals surface area contributed by atoms with E-state index < -0.39 is 0 Å². The van der Waals surface area contributed by atoms with Crippen LogP contribution in [0.5, 0.6) is 5.75 Å². The number of benzene rings is 2. The van der Waals surface area contributed by atoms with Gasteiger partial charge < -0.3 is 19.8 Å². The molecule has 1 saturated heterocycles. The van der Waals surface area contributed by atoms with Crippen LogP contribution in [-0.4, -0.2) is 35.9 Å². The number of methoxy groups -OCH3 is 1. The van der Waals surface area contributed by atoms with Crippen LogP contribution in [0.25, 0.3) is 21.9 Å². The lowest BCUT2D eigenvalue weighted by Crippen LogP contribution is -2.28. The Morgan fingerprint density at radius 1 is 1.24 bits per heavy atom. The fourth-order valence-corrected chi connectivity index (χ4v) is 4.18. The largest absolute Gasteiger partial charge is 0.495 e. The van der Waals surface area contributed by atoms with Gasteiger partial charge in [0.25, 0.3) is 0 Å². The van der Waals surface area contributed by atoms with E-state index in [0.717, 1.165) is 34.0 Å². The molecular weight excluding hydrogens is 368 g/mol. The highest BCUT2D eigenvalue weighted by atomic mass is 16.5. The average Bonchev–Trinajstić information content (AvgIpc) is 3.44. The second-order valence-electron chi connectivity index (χ2n) is 7.45. The van der Waals surface area contributed by atoms with E-state index in [9.17, 15) is 4.79 Å². The van der Waals surface area contributed by atoms with E-state index in [1.165, 1.54) is 0 Å². The summed E-state index contributed by atoms with van der Waals surface area (Å²) in [6.07, 6.45) is 3.80. The number of nitrogens with one attached hydrogen (secondary N) is 2. The van der Waals surface area contributed by atoms with Gasteiger partial charge in [0, 0.05) is 49.1 Å². The number of para-hydroxylation sites is 1. The lowest BCUT2D eigenvalue weighted by Gasteiger charge is -2.18. The predicted octanol–water partition coefficient (Wildman–Crippen LogP) is 3.27. The molecule has 0 saturated carbocycles. The van der Waals surface area contributed by atoms with Crippen molar-refractivity contribution in [2.24, 2.45) is 13.0 Å². The zero-order valence-corrected chi connectivity index (χ0v) is 16.3. The number of anilines is 1. The normalized spacial score (nSPS) is 19.1. The summed E-state index contributed by atoms with van der Waals surface area (Å²) in [6, 6.07) is 11.6. The number of aromatic nitrogens is 2. The summed E-state index contributed by atoms with van der Waals surface area (Å²) in [5.41, 5.74) is 3.21. The average molecular weight is 390 g/mol. The number of amides is 1. The van der Waals surface area contributed by atoms with Crippen molar-refractivity contribution >= 4 is 33.5 Å². The first kappa shape index (κ1) is 17.8. The van der Waals surface area contributed by atoms with Crippen LogP contribution in [-0.2, 0) is 11.8 Å². The zero-order chi connectivity index (χ0) is 20.0. The summed E-state index contributed by atoms with van der Waals surface area (Å²) in [7, 11) is 3.49. The van der Waals surface area contributed by atoms with Crippen molar-refractivity contribution in [2.75, 3.05) is 25.5 Å². The van der Waals surface area contributed by atoms with Crippen molar-refractivity contribution in [1.82, 2.24) is 15.1 Å². The van der Waals surface area contributed by atoms with Crippen LogP contribution < -0.4 is 15.4 Å². The molecule has 148 valence electrons. The summed E-state index contributed by atoms with van der Waals surface area (Å²) in [6.45, 7) is 1.38. The quantitative estimate of drug-likeness (QED) is 0.559. The summed E-state index contributed by atoms with van der Waals surface area (Å²) in [4.78, 5) is 13.1. The first-order valence-electron chi connectivity index (χ1n) is 9.63. The van der Waals surface area contributed by atoms with Gasteiger partial charge in [-0.2, -0.15) is 5.10 Å².